The Labute approximate surface area is 233 Å². The number of ether oxygens (including phenoxy) is 4. The monoisotopic (exact) mass is 548 g/mol. The van der Waals surface area contributed by atoms with E-state index in [2.05, 4.69) is 58.7 Å². The van der Waals surface area contributed by atoms with Crippen LogP contribution >= 0.6 is 0 Å². The summed E-state index contributed by atoms with van der Waals surface area (Å²) in [5.41, 5.74) is 1.72. The molecule has 0 aliphatic carbocycles. The van der Waals surface area contributed by atoms with Gasteiger partial charge in [-0.05, 0) is 91.6 Å². The molecule has 2 heterocycles. The van der Waals surface area contributed by atoms with E-state index in [0.29, 0.717) is 42.6 Å². The van der Waals surface area contributed by atoms with Crippen LogP contribution in [0.25, 0.3) is 0 Å². The van der Waals surface area contributed by atoms with Crippen molar-refractivity contribution in [3.63, 3.8) is 0 Å². The molecule has 0 amide bonds. The first-order chi connectivity index (χ1) is 18.3. The van der Waals surface area contributed by atoms with Crippen LogP contribution in [0.1, 0.15) is 66.0 Å². The van der Waals surface area contributed by atoms with E-state index in [0.717, 1.165) is 30.5 Å². The van der Waals surface area contributed by atoms with E-state index in [1.165, 1.54) is 12.1 Å². The fourth-order valence-electron chi connectivity index (χ4n) is 5.42. The second-order valence-electron chi connectivity index (χ2n) is 12.3. The van der Waals surface area contributed by atoms with Crippen molar-refractivity contribution in [3.8, 4) is 23.0 Å². The lowest BCUT2D eigenvalue weighted by molar-refractivity contribution is 0.0419. The number of nitrogens with zero attached hydrogens (tertiary/aromatic N) is 1. The van der Waals surface area contributed by atoms with Gasteiger partial charge in [0, 0.05) is 34.3 Å². The molecule has 218 valence electrons. The zero-order valence-electron chi connectivity index (χ0n) is 25.0. The number of benzene rings is 2. The van der Waals surface area contributed by atoms with Crippen molar-refractivity contribution >= 4 is 0 Å². The Hall–Kier alpha value is -2.58. The standard InChI is InChI=1S/C17H26FNO2.C14H20FNO2/c1-6-9-19(17(2,3)4)12-10-13-15(20-5)8-7-14(18)16(13)21-11-12;1-14(2,3)16-9-7-10-12(17-4)6-5-11(15)13(10)18-8-9/h7-8,12H,6,9-11H2,1-5H3;5-6,9,16H,7-8H2,1-4H3/t12-;9-/m11/s1. The van der Waals surface area contributed by atoms with Gasteiger partial charge in [-0.3, -0.25) is 4.90 Å². The topological polar surface area (TPSA) is 52.2 Å². The Morgan fingerprint density at radius 1 is 0.846 bits per heavy atom. The Morgan fingerprint density at radius 3 is 1.82 bits per heavy atom. The summed E-state index contributed by atoms with van der Waals surface area (Å²) in [6.45, 7) is 17.1. The van der Waals surface area contributed by atoms with Gasteiger partial charge in [-0.2, -0.15) is 0 Å². The number of rotatable bonds is 6. The minimum absolute atomic E-state index is 0.00604. The first-order valence-corrected chi connectivity index (χ1v) is 13.8. The summed E-state index contributed by atoms with van der Waals surface area (Å²) in [4.78, 5) is 2.44. The summed E-state index contributed by atoms with van der Waals surface area (Å²) in [6, 6.07) is 6.54. The van der Waals surface area contributed by atoms with E-state index >= 15 is 0 Å². The molecule has 8 heteroatoms. The van der Waals surface area contributed by atoms with E-state index in [4.69, 9.17) is 18.9 Å². The second kappa shape index (κ2) is 12.7. The summed E-state index contributed by atoms with van der Waals surface area (Å²) in [5, 5.41) is 3.47. The van der Waals surface area contributed by atoms with Gasteiger partial charge in [-0.15, -0.1) is 0 Å². The number of fused-ring (bicyclic) bond motifs is 2. The van der Waals surface area contributed by atoms with Crippen LogP contribution in [0.3, 0.4) is 0 Å². The van der Waals surface area contributed by atoms with Crippen LogP contribution in [0.4, 0.5) is 8.78 Å². The van der Waals surface area contributed by atoms with Gasteiger partial charge in [-0.25, -0.2) is 8.78 Å². The molecule has 0 fully saturated rings. The number of hydrogen-bond acceptors (Lipinski definition) is 6. The molecule has 0 unspecified atom stereocenters. The van der Waals surface area contributed by atoms with Crippen LogP contribution < -0.4 is 24.3 Å². The molecule has 39 heavy (non-hydrogen) atoms. The van der Waals surface area contributed by atoms with Crippen molar-refractivity contribution in [2.24, 2.45) is 0 Å². The average Bonchev–Trinajstić information content (AvgIpc) is 2.86. The maximum absolute atomic E-state index is 13.9. The van der Waals surface area contributed by atoms with Crippen molar-refractivity contribution in [2.75, 3.05) is 34.0 Å². The lowest BCUT2D eigenvalue weighted by atomic mass is 9.95. The molecule has 0 aromatic heterocycles. The SMILES string of the molecule is CCCN([C@H]1COc2c(F)ccc(OC)c2C1)C(C)(C)C.COc1ccc(F)c2c1C[C@@H](NC(C)(C)C)CO2. The minimum atomic E-state index is -0.319. The predicted octanol–water partition coefficient (Wildman–Crippen LogP) is 6.17. The van der Waals surface area contributed by atoms with Crippen LogP contribution in [0.15, 0.2) is 24.3 Å². The predicted molar refractivity (Wildman–Crippen MR) is 152 cm³/mol. The fourth-order valence-corrected chi connectivity index (χ4v) is 5.42. The van der Waals surface area contributed by atoms with E-state index in [-0.39, 0.29) is 34.8 Å². The Balaban J connectivity index is 0.000000218. The van der Waals surface area contributed by atoms with Gasteiger partial charge in [0.1, 0.15) is 24.7 Å². The molecule has 4 rings (SSSR count). The third-order valence-corrected chi connectivity index (χ3v) is 6.92. The van der Waals surface area contributed by atoms with Crippen molar-refractivity contribution in [1.82, 2.24) is 10.2 Å². The highest BCUT2D eigenvalue weighted by molar-refractivity contribution is 5.48. The van der Waals surface area contributed by atoms with Gasteiger partial charge >= 0.3 is 0 Å². The van der Waals surface area contributed by atoms with Gasteiger partial charge in [0.25, 0.3) is 0 Å². The molecular formula is C31H46F2N2O4. The van der Waals surface area contributed by atoms with E-state index in [9.17, 15) is 8.78 Å². The van der Waals surface area contributed by atoms with E-state index < -0.39 is 0 Å². The summed E-state index contributed by atoms with van der Waals surface area (Å²) in [7, 11) is 3.21. The smallest absolute Gasteiger partial charge is 0.165 e. The number of hydrogen-bond donors (Lipinski definition) is 1. The van der Waals surface area contributed by atoms with Crippen LogP contribution in [-0.2, 0) is 12.8 Å². The molecule has 0 saturated carbocycles. The molecule has 2 aromatic carbocycles. The Kier molecular flexibility index (Phi) is 10.1. The van der Waals surface area contributed by atoms with Crippen LogP contribution in [0.2, 0.25) is 0 Å². The summed E-state index contributed by atoms with van der Waals surface area (Å²) < 4.78 is 49.5. The molecule has 2 aliphatic rings. The molecule has 2 aromatic rings. The normalized spacial score (nSPS) is 18.7. The highest BCUT2D eigenvalue weighted by atomic mass is 19.1. The molecule has 1 N–H and O–H groups in total. The molecule has 0 bridgehead atoms. The van der Waals surface area contributed by atoms with Crippen molar-refractivity contribution in [2.45, 2.75) is 90.9 Å². The lowest BCUT2D eigenvalue weighted by Crippen LogP contribution is -2.52. The number of methoxy groups -OCH3 is 2. The maximum atomic E-state index is 13.9. The van der Waals surface area contributed by atoms with Gasteiger partial charge in [0.05, 0.1) is 14.2 Å². The molecule has 0 spiro atoms. The van der Waals surface area contributed by atoms with Gasteiger partial charge in [0.15, 0.2) is 23.1 Å². The summed E-state index contributed by atoms with van der Waals surface area (Å²) >= 11 is 0. The van der Waals surface area contributed by atoms with Crippen molar-refractivity contribution in [3.05, 3.63) is 47.0 Å². The largest absolute Gasteiger partial charge is 0.496 e. The maximum Gasteiger partial charge on any atom is 0.165 e. The molecular weight excluding hydrogens is 502 g/mol. The number of halogens is 2. The van der Waals surface area contributed by atoms with Crippen molar-refractivity contribution < 1.29 is 27.7 Å². The van der Waals surface area contributed by atoms with E-state index in [1.807, 2.05) is 0 Å². The molecule has 2 atom stereocenters. The van der Waals surface area contributed by atoms with Gasteiger partial charge in [0.2, 0.25) is 0 Å². The average molecular weight is 549 g/mol. The fraction of sp³-hybridized carbons (Fsp3) is 0.613. The highest BCUT2D eigenvalue weighted by Crippen LogP contribution is 2.38. The Morgan fingerprint density at radius 2 is 1.36 bits per heavy atom. The zero-order valence-corrected chi connectivity index (χ0v) is 25.0. The second-order valence-corrected chi connectivity index (χ2v) is 12.3. The quantitative estimate of drug-likeness (QED) is 0.466. The summed E-state index contributed by atoms with van der Waals surface area (Å²) in [6.07, 6.45) is 2.56. The lowest BCUT2D eigenvalue weighted by Gasteiger charge is -2.43. The summed E-state index contributed by atoms with van der Waals surface area (Å²) in [5.74, 6) is 1.47. The highest BCUT2D eigenvalue weighted by Gasteiger charge is 2.34. The molecule has 0 radical (unpaired) electrons. The Bertz CT molecular complexity index is 1110. The first-order valence-electron chi connectivity index (χ1n) is 13.8. The third-order valence-electron chi connectivity index (χ3n) is 6.92. The van der Waals surface area contributed by atoms with Crippen LogP contribution in [0.5, 0.6) is 23.0 Å². The first kappa shape index (κ1) is 31.0. The third kappa shape index (κ3) is 7.76. The zero-order chi connectivity index (χ0) is 29.0. The van der Waals surface area contributed by atoms with E-state index in [1.54, 1.807) is 26.4 Å². The van der Waals surface area contributed by atoms with Crippen LogP contribution in [0, 0.1) is 11.6 Å². The van der Waals surface area contributed by atoms with Gasteiger partial charge < -0.3 is 24.3 Å². The van der Waals surface area contributed by atoms with Crippen LogP contribution in [-0.4, -0.2) is 62.0 Å². The number of nitrogens with one attached hydrogen (secondary N) is 1. The molecule has 0 saturated heterocycles. The molecule has 6 nitrogen and oxygen atoms in total. The van der Waals surface area contributed by atoms with Gasteiger partial charge in [-0.1, -0.05) is 6.92 Å². The minimum Gasteiger partial charge on any atom is -0.496 e. The van der Waals surface area contributed by atoms with Crippen molar-refractivity contribution in [1.29, 1.82) is 0 Å². The molecule has 2 aliphatic heterocycles.